The van der Waals surface area contributed by atoms with Gasteiger partial charge in [-0.25, -0.2) is 0 Å². The molecule has 3 aromatic carbocycles. The lowest BCUT2D eigenvalue weighted by molar-refractivity contribution is 0.102. The number of aryl methyl sites for hydroxylation is 1. The molecule has 5 rings (SSSR count). The average molecular weight is 471 g/mol. The molecule has 6 heteroatoms. The fourth-order valence-corrected chi connectivity index (χ4v) is 4.77. The molecule has 0 atom stereocenters. The number of ether oxygens (including phenoxy) is 1. The van der Waals surface area contributed by atoms with E-state index in [0.717, 1.165) is 80.5 Å². The average Bonchev–Trinajstić information content (AvgIpc) is 2.90. The van der Waals surface area contributed by atoms with Gasteiger partial charge < -0.3 is 24.8 Å². The van der Waals surface area contributed by atoms with Gasteiger partial charge in [0, 0.05) is 61.9 Å². The van der Waals surface area contributed by atoms with Crippen molar-refractivity contribution in [3.63, 3.8) is 0 Å². The van der Waals surface area contributed by atoms with Crippen LogP contribution in [0.2, 0.25) is 0 Å². The van der Waals surface area contributed by atoms with Crippen LogP contribution in [0, 0.1) is 6.92 Å². The van der Waals surface area contributed by atoms with Crippen LogP contribution in [0.15, 0.2) is 66.7 Å². The van der Waals surface area contributed by atoms with Gasteiger partial charge in [0.1, 0.15) is 0 Å². The second kappa shape index (κ2) is 10.5. The van der Waals surface area contributed by atoms with E-state index < -0.39 is 0 Å². The van der Waals surface area contributed by atoms with Crippen molar-refractivity contribution in [3.8, 4) is 11.1 Å². The number of amides is 1. The third-order valence-corrected chi connectivity index (χ3v) is 7.05. The van der Waals surface area contributed by atoms with Gasteiger partial charge in [-0.2, -0.15) is 0 Å². The first-order valence-electron chi connectivity index (χ1n) is 12.5. The highest BCUT2D eigenvalue weighted by molar-refractivity contribution is 6.05. The van der Waals surface area contributed by atoms with E-state index in [1.54, 1.807) is 0 Å². The first-order chi connectivity index (χ1) is 17.1. The molecule has 182 valence electrons. The topological polar surface area (TPSA) is 48.1 Å². The summed E-state index contributed by atoms with van der Waals surface area (Å²) < 4.78 is 5.43. The van der Waals surface area contributed by atoms with Crippen LogP contribution in [-0.4, -0.2) is 70.3 Å². The highest BCUT2D eigenvalue weighted by Gasteiger charge is 2.15. The third kappa shape index (κ3) is 5.50. The van der Waals surface area contributed by atoms with Gasteiger partial charge in [0.15, 0.2) is 0 Å². The van der Waals surface area contributed by atoms with Crippen LogP contribution in [0.5, 0.6) is 0 Å². The zero-order chi connectivity index (χ0) is 24.2. The molecule has 2 aliphatic rings. The zero-order valence-electron chi connectivity index (χ0n) is 20.7. The number of hydrogen-bond acceptors (Lipinski definition) is 5. The number of likely N-dealkylation sites (N-methyl/N-ethyl adjacent to an activating group) is 1. The normalized spacial score (nSPS) is 16.9. The maximum Gasteiger partial charge on any atom is 0.255 e. The van der Waals surface area contributed by atoms with Crippen LogP contribution in [0.25, 0.3) is 11.1 Å². The number of carbonyl (C=O) groups is 1. The monoisotopic (exact) mass is 470 g/mol. The van der Waals surface area contributed by atoms with Crippen molar-refractivity contribution in [2.24, 2.45) is 0 Å². The van der Waals surface area contributed by atoms with Crippen molar-refractivity contribution < 1.29 is 9.53 Å². The van der Waals surface area contributed by atoms with Crippen molar-refractivity contribution in [3.05, 3.63) is 77.9 Å². The van der Waals surface area contributed by atoms with Gasteiger partial charge in [-0.15, -0.1) is 0 Å². The zero-order valence-corrected chi connectivity index (χ0v) is 20.7. The predicted molar refractivity (Wildman–Crippen MR) is 144 cm³/mol. The highest BCUT2D eigenvalue weighted by Crippen LogP contribution is 2.28. The maximum absolute atomic E-state index is 13.0. The number of piperazine rings is 1. The summed E-state index contributed by atoms with van der Waals surface area (Å²) in [6, 6.07) is 22.7. The van der Waals surface area contributed by atoms with Gasteiger partial charge in [-0.1, -0.05) is 18.2 Å². The molecule has 0 radical (unpaired) electrons. The maximum atomic E-state index is 13.0. The van der Waals surface area contributed by atoms with E-state index in [0.29, 0.717) is 5.56 Å². The van der Waals surface area contributed by atoms with Crippen molar-refractivity contribution in [1.29, 1.82) is 0 Å². The fourth-order valence-electron chi connectivity index (χ4n) is 4.77. The van der Waals surface area contributed by atoms with E-state index in [2.05, 4.69) is 70.4 Å². The van der Waals surface area contributed by atoms with Crippen molar-refractivity contribution >= 4 is 23.0 Å². The van der Waals surface area contributed by atoms with Crippen molar-refractivity contribution in [2.45, 2.75) is 6.92 Å². The van der Waals surface area contributed by atoms with E-state index >= 15 is 0 Å². The minimum Gasteiger partial charge on any atom is -0.378 e. The molecule has 2 fully saturated rings. The molecule has 1 amide bonds. The van der Waals surface area contributed by atoms with Crippen molar-refractivity contribution in [2.75, 3.05) is 74.6 Å². The number of morpholine rings is 1. The molecule has 0 unspecified atom stereocenters. The Bertz CT molecular complexity index is 1150. The summed E-state index contributed by atoms with van der Waals surface area (Å²) >= 11 is 0. The number of benzene rings is 3. The Hall–Kier alpha value is -3.35. The van der Waals surface area contributed by atoms with E-state index in [9.17, 15) is 4.79 Å². The van der Waals surface area contributed by atoms with Crippen LogP contribution in [-0.2, 0) is 4.74 Å². The lowest BCUT2D eigenvalue weighted by Gasteiger charge is -2.34. The number of nitrogens with one attached hydrogen (secondary N) is 1. The van der Waals surface area contributed by atoms with E-state index in [4.69, 9.17) is 4.74 Å². The molecule has 35 heavy (non-hydrogen) atoms. The standard InChI is InChI=1S/C29H34N4O2/c1-22-3-4-24(29(34)30-25-7-11-27(12-8-25)33-17-19-35-20-18-33)21-28(22)23-5-9-26(10-6-23)32-15-13-31(2)14-16-32/h3-12,21H,13-20H2,1-2H3,(H,30,34). The summed E-state index contributed by atoms with van der Waals surface area (Å²) in [7, 11) is 2.17. The molecule has 0 spiro atoms. The van der Waals surface area contributed by atoms with Crippen LogP contribution < -0.4 is 15.1 Å². The fraction of sp³-hybridized carbons (Fsp3) is 0.345. The Balaban J connectivity index is 1.27. The number of anilines is 3. The lowest BCUT2D eigenvalue weighted by Crippen LogP contribution is -2.44. The summed E-state index contributed by atoms with van der Waals surface area (Å²) in [5.41, 5.74) is 7.24. The van der Waals surface area contributed by atoms with E-state index in [-0.39, 0.29) is 5.91 Å². The summed E-state index contributed by atoms with van der Waals surface area (Å²) in [6.45, 7) is 9.69. The molecule has 2 heterocycles. The Labute approximate surface area is 208 Å². The van der Waals surface area contributed by atoms with E-state index in [1.807, 2.05) is 30.3 Å². The smallest absolute Gasteiger partial charge is 0.255 e. The third-order valence-electron chi connectivity index (χ3n) is 7.05. The van der Waals surface area contributed by atoms with Gasteiger partial charge in [0.2, 0.25) is 0 Å². The van der Waals surface area contributed by atoms with Crippen LogP contribution in [0.4, 0.5) is 17.1 Å². The summed E-state index contributed by atoms with van der Waals surface area (Å²) in [5.74, 6) is -0.0978. The molecule has 0 aromatic heterocycles. The minimum absolute atomic E-state index is 0.0978. The molecule has 3 aromatic rings. The Kier molecular flexibility index (Phi) is 7.02. The first-order valence-corrected chi connectivity index (χ1v) is 12.5. The number of rotatable bonds is 5. The molecule has 2 saturated heterocycles. The molecule has 6 nitrogen and oxygen atoms in total. The highest BCUT2D eigenvalue weighted by atomic mass is 16.5. The molecule has 1 N–H and O–H groups in total. The van der Waals surface area contributed by atoms with Gasteiger partial charge in [-0.05, 0) is 79.2 Å². The van der Waals surface area contributed by atoms with Gasteiger partial charge in [0.05, 0.1) is 13.2 Å². The lowest BCUT2D eigenvalue weighted by atomic mass is 9.97. The summed E-state index contributed by atoms with van der Waals surface area (Å²) in [4.78, 5) is 20.1. The largest absolute Gasteiger partial charge is 0.378 e. The van der Waals surface area contributed by atoms with Gasteiger partial charge >= 0.3 is 0 Å². The summed E-state index contributed by atoms with van der Waals surface area (Å²) in [5, 5.41) is 3.05. The van der Waals surface area contributed by atoms with E-state index in [1.165, 1.54) is 5.69 Å². The molecule has 0 saturated carbocycles. The SMILES string of the molecule is Cc1ccc(C(=O)Nc2ccc(N3CCOCC3)cc2)cc1-c1ccc(N2CCN(C)CC2)cc1. The second-order valence-electron chi connectivity index (χ2n) is 9.47. The number of nitrogens with zero attached hydrogens (tertiary/aromatic N) is 3. The molecule has 0 aliphatic carbocycles. The van der Waals surface area contributed by atoms with Gasteiger partial charge in [0.25, 0.3) is 5.91 Å². The number of carbonyl (C=O) groups excluding carboxylic acids is 1. The minimum atomic E-state index is -0.0978. The molecule has 2 aliphatic heterocycles. The number of hydrogen-bond donors (Lipinski definition) is 1. The molecular weight excluding hydrogens is 436 g/mol. The quantitative estimate of drug-likeness (QED) is 0.595. The van der Waals surface area contributed by atoms with Crippen LogP contribution in [0.1, 0.15) is 15.9 Å². The van der Waals surface area contributed by atoms with Crippen molar-refractivity contribution in [1.82, 2.24) is 4.90 Å². The van der Waals surface area contributed by atoms with Crippen LogP contribution in [0.3, 0.4) is 0 Å². The first kappa shape index (κ1) is 23.4. The van der Waals surface area contributed by atoms with Gasteiger partial charge in [-0.3, -0.25) is 4.79 Å². The predicted octanol–water partition coefficient (Wildman–Crippen LogP) is 4.50. The molecule has 0 bridgehead atoms. The Morgan fingerprint density at radius 3 is 2.03 bits per heavy atom. The Morgan fingerprint density at radius 2 is 1.37 bits per heavy atom. The summed E-state index contributed by atoms with van der Waals surface area (Å²) in [6.07, 6.45) is 0. The second-order valence-corrected chi connectivity index (χ2v) is 9.47. The van der Waals surface area contributed by atoms with Crippen LogP contribution >= 0.6 is 0 Å². The Morgan fingerprint density at radius 1 is 0.771 bits per heavy atom. The molecular formula is C29H34N4O2.